The van der Waals surface area contributed by atoms with Crippen molar-refractivity contribution in [1.29, 1.82) is 0 Å². The number of halogens is 1. The van der Waals surface area contributed by atoms with Gasteiger partial charge in [-0.1, -0.05) is 11.2 Å². The quantitative estimate of drug-likeness (QED) is 0.382. The zero-order chi connectivity index (χ0) is 4.57. The van der Waals surface area contributed by atoms with Crippen LogP contribution < -0.4 is 0 Å². The predicted molar refractivity (Wildman–Crippen MR) is 28.5 cm³/mol. The van der Waals surface area contributed by atoms with Gasteiger partial charge in [0.2, 0.25) is 0 Å². The van der Waals surface area contributed by atoms with Crippen LogP contribution in [0.2, 0.25) is 0 Å². The summed E-state index contributed by atoms with van der Waals surface area (Å²) < 4.78 is 4.95. The van der Waals surface area contributed by atoms with Crippen LogP contribution in [-0.4, -0.2) is 11.9 Å². The van der Waals surface area contributed by atoms with Crippen LogP contribution in [-0.2, 0) is 4.74 Å². The molecule has 0 aromatic carbocycles. The summed E-state index contributed by atoms with van der Waals surface area (Å²) in [6, 6.07) is 0. The Morgan fingerprint density at radius 3 is 2.33 bits per heavy atom. The average molecular weight is 125 g/mol. The van der Waals surface area contributed by atoms with Crippen molar-refractivity contribution in [3.63, 3.8) is 0 Å². The topological polar surface area (TPSA) is 12.5 Å². The molecule has 1 fully saturated rings. The standard InChI is InChI=1S/C3H6ClOP/c1-2-3(5-2)6-4/h2-3,6H,1H3. The van der Waals surface area contributed by atoms with E-state index < -0.39 is 0 Å². The summed E-state index contributed by atoms with van der Waals surface area (Å²) in [5.74, 6) is 0.395. The molecular formula is C3H6ClOP. The molecule has 0 saturated carbocycles. The molecule has 0 bridgehead atoms. The van der Waals surface area contributed by atoms with E-state index in [2.05, 4.69) is 0 Å². The third kappa shape index (κ3) is 0.841. The van der Waals surface area contributed by atoms with Crippen molar-refractivity contribution in [1.82, 2.24) is 0 Å². The zero-order valence-corrected chi connectivity index (χ0v) is 5.20. The normalized spacial score (nSPS) is 45.0. The molecule has 0 radical (unpaired) electrons. The van der Waals surface area contributed by atoms with Crippen LogP contribution in [0.1, 0.15) is 6.92 Å². The first-order chi connectivity index (χ1) is 2.84. The van der Waals surface area contributed by atoms with Crippen LogP contribution in [0, 0.1) is 0 Å². The van der Waals surface area contributed by atoms with E-state index in [-0.39, 0.29) is 0 Å². The van der Waals surface area contributed by atoms with Crippen molar-refractivity contribution in [2.24, 2.45) is 0 Å². The van der Waals surface area contributed by atoms with Crippen molar-refractivity contribution in [2.45, 2.75) is 18.9 Å². The van der Waals surface area contributed by atoms with E-state index in [1.165, 1.54) is 0 Å². The highest BCUT2D eigenvalue weighted by Crippen LogP contribution is 2.39. The van der Waals surface area contributed by atoms with Gasteiger partial charge in [0.15, 0.2) is 0 Å². The monoisotopic (exact) mass is 124 g/mol. The number of epoxide rings is 1. The summed E-state index contributed by atoms with van der Waals surface area (Å²) in [6.45, 7) is 2.03. The molecule has 1 rings (SSSR count). The maximum absolute atomic E-state index is 5.40. The van der Waals surface area contributed by atoms with Gasteiger partial charge in [0, 0.05) is 7.93 Å². The van der Waals surface area contributed by atoms with Crippen molar-refractivity contribution in [3.05, 3.63) is 0 Å². The molecule has 0 aliphatic carbocycles. The highest BCUT2D eigenvalue weighted by molar-refractivity contribution is 7.69. The first kappa shape index (κ1) is 4.83. The molecular weight excluding hydrogens is 118 g/mol. The zero-order valence-electron chi connectivity index (χ0n) is 3.44. The molecule has 6 heavy (non-hydrogen) atoms. The first-order valence-electron chi connectivity index (χ1n) is 1.86. The summed E-state index contributed by atoms with van der Waals surface area (Å²) in [5.41, 5.74) is 0. The third-order valence-electron chi connectivity index (χ3n) is 0.819. The Hall–Kier alpha value is 0.680. The Morgan fingerprint density at radius 2 is 2.33 bits per heavy atom. The summed E-state index contributed by atoms with van der Waals surface area (Å²) in [4.78, 5) is 0. The Bertz CT molecular complexity index is 56.8. The lowest BCUT2D eigenvalue weighted by Gasteiger charge is -1.70. The van der Waals surface area contributed by atoms with Gasteiger partial charge in [0.25, 0.3) is 0 Å². The minimum absolute atomic E-state index is 0.395. The number of rotatable bonds is 1. The smallest absolute Gasteiger partial charge is 0.114 e. The van der Waals surface area contributed by atoms with Gasteiger partial charge < -0.3 is 4.74 Å². The van der Waals surface area contributed by atoms with Gasteiger partial charge in [0.05, 0.1) is 6.10 Å². The Balaban J connectivity index is 2.09. The van der Waals surface area contributed by atoms with Crippen LogP contribution in [0.3, 0.4) is 0 Å². The number of hydrogen-bond donors (Lipinski definition) is 0. The Morgan fingerprint density at radius 1 is 1.83 bits per heavy atom. The molecule has 3 heteroatoms. The summed E-state index contributed by atoms with van der Waals surface area (Å²) in [7, 11) is 0.456. The summed E-state index contributed by atoms with van der Waals surface area (Å²) in [5, 5.41) is 0. The average Bonchev–Trinajstić information content (AvgIpc) is 2.19. The molecule has 3 unspecified atom stereocenters. The van der Waals surface area contributed by atoms with Gasteiger partial charge >= 0.3 is 0 Å². The van der Waals surface area contributed by atoms with Crippen molar-refractivity contribution in [3.8, 4) is 0 Å². The molecule has 1 aliphatic heterocycles. The van der Waals surface area contributed by atoms with E-state index in [0.717, 1.165) is 0 Å². The van der Waals surface area contributed by atoms with Crippen LogP contribution in [0.15, 0.2) is 0 Å². The maximum atomic E-state index is 5.40. The minimum Gasteiger partial charge on any atom is -0.364 e. The SMILES string of the molecule is CC1OC1PCl. The molecule has 0 N–H and O–H groups in total. The molecule has 1 saturated heterocycles. The molecule has 1 nitrogen and oxygen atoms in total. The lowest BCUT2D eigenvalue weighted by atomic mass is 10.6. The highest BCUT2D eigenvalue weighted by atomic mass is 35.7. The van der Waals surface area contributed by atoms with E-state index in [9.17, 15) is 0 Å². The van der Waals surface area contributed by atoms with Crippen LogP contribution in [0.25, 0.3) is 0 Å². The number of hydrogen-bond acceptors (Lipinski definition) is 1. The summed E-state index contributed by atoms with van der Waals surface area (Å²) in [6.07, 6.45) is 0.445. The second-order valence-electron chi connectivity index (χ2n) is 1.37. The number of ether oxygens (including phenoxy) is 1. The fourth-order valence-corrected chi connectivity index (χ4v) is 1.43. The van der Waals surface area contributed by atoms with Crippen LogP contribution >= 0.6 is 19.2 Å². The van der Waals surface area contributed by atoms with E-state index in [0.29, 0.717) is 19.9 Å². The highest BCUT2D eigenvalue weighted by Gasteiger charge is 2.32. The second kappa shape index (κ2) is 1.65. The van der Waals surface area contributed by atoms with Gasteiger partial charge in [-0.2, -0.15) is 0 Å². The van der Waals surface area contributed by atoms with Crippen LogP contribution in [0.5, 0.6) is 0 Å². The fraction of sp³-hybridized carbons (Fsp3) is 1.00. The lowest BCUT2D eigenvalue weighted by Crippen LogP contribution is -1.71. The largest absolute Gasteiger partial charge is 0.364 e. The van der Waals surface area contributed by atoms with Gasteiger partial charge in [-0.3, -0.25) is 0 Å². The van der Waals surface area contributed by atoms with E-state index in [1.54, 1.807) is 0 Å². The summed E-state index contributed by atoms with van der Waals surface area (Å²) >= 11 is 5.40. The molecule has 0 aromatic heterocycles. The maximum Gasteiger partial charge on any atom is 0.114 e. The van der Waals surface area contributed by atoms with Crippen molar-refractivity contribution >= 4 is 19.2 Å². The predicted octanol–water partition coefficient (Wildman–Crippen LogP) is 1.56. The molecule has 1 heterocycles. The fourth-order valence-electron chi connectivity index (χ4n) is 0.300. The first-order valence-corrected chi connectivity index (χ1v) is 3.95. The second-order valence-corrected chi connectivity index (χ2v) is 2.81. The van der Waals surface area contributed by atoms with E-state index in [1.807, 2.05) is 6.92 Å². The molecule has 0 spiro atoms. The Labute approximate surface area is 43.6 Å². The molecule has 3 atom stereocenters. The third-order valence-corrected chi connectivity index (χ3v) is 2.28. The Kier molecular flexibility index (Phi) is 1.33. The van der Waals surface area contributed by atoms with Gasteiger partial charge in [-0.15, -0.1) is 0 Å². The van der Waals surface area contributed by atoms with E-state index in [4.69, 9.17) is 16.0 Å². The van der Waals surface area contributed by atoms with Gasteiger partial charge in [0.1, 0.15) is 5.85 Å². The van der Waals surface area contributed by atoms with Crippen molar-refractivity contribution in [2.75, 3.05) is 0 Å². The minimum atomic E-state index is 0.395. The van der Waals surface area contributed by atoms with E-state index >= 15 is 0 Å². The molecule has 36 valence electrons. The van der Waals surface area contributed by atoms with Crippen LogP contribution in [0.4, 0.5) is 0 Å². The van der Waals surface area contributed by atoms with Crippen molar-refractivity contribution < 1.29 is 4.74 Å². The lowest BCUT2D eigenvalue weighted by molar-refractivity contribution is 0.413. The molecule has 1 aliphatic rings. The molecule has 0 amide bonds. The van der Waals surface area contributed by atoms with Gasteiger partial charge in [-0.05, 0) is 6.92 Å². The van der Waals surface area contributed by atoms with Gasteiger partial charge in [-0.25, -0.2) is 0 Å². The molecule has 0 aromatic rings.